The van der Waals surface area contributed by atoms with Gasteiger partial charge in [0, 0.05) is 0 Å². The summed E-state index contributed by atoms with van der Waals surface area (Å²) < 4.78 is 0. The molecule has 0 atom stereocenters. The van der Waals surface area contributed by atoms with Gasteiger partial charge in [-0.1, -0.05) is 12.1 Å². The molecule has 0 saturated heterocycles. The van der Waals surface area contributed by atoms with Crippen LogP contribution in [0.5, 0.6) is 0 Å². The first-order valence-electron chi connectivity index (χ1n) is 6.33. The molecule has 2 aliphatic rings. The number of urea groups is 2. The van der Waals surface area contributed by atoms with E-state index in [9.17, 15) is 9.59 Å². The van der Waals surface area contributed by atoms with Crippen molar-refractivity contribution in [2.45, 2.75) is 0 Å². The van der Waals surface area contributed by atoms with E-state index in [4.69, 9.17) is 0 Å². The molecule has 0 spiro atoms. The zero-order valence-corrected chi connectivity index (χ0v) is 11.0. The summed E-state index contributed by atoms with van der Waals surface area (Å²) in [7, 11) is 0. The number of carbonyl (C=O) groups is 2. The van der Waals surface area contributed by atoms with Gasteiger partial charge in [-0.15, -0.1) is 10.2 Å². The minimum absolute atomic E-state index is 0.390. The fraction of sp³-hybridized carbons (Fsp3) is 0. The molecule has 0 radical (unpaired) electrons. The van der Waals surface area contributed by atoms with Crippen molar-refractivity contribution >= 4 is 23.4 Å². The molecule has 0 saturated carbocycles. The smallest absolute Gasteiger partial charge is 0.244 e. The van der Waals surface area contributed by atoms with Crippen LogP contribution in [-0.4, -0.2) is 12.1 Å². The fourth-order valence-corrected chi connectivity index (χ4v) is 2.17. The van der Waals surface area contributed by atoms with Crippen molar-refractivity contribution < 1.29 is 9.59 Å². The number of para-hydroxylation sites is 2. The van der Waals surface area contributed by atoms with Gasteiger partial charge >= 0.3 is 12.1 Å². The molecule has 0 unspecified atom stereocenters. The first-order chi connectivity index (χ1) is 10.7. The van der Waals surface area contributed by atoms with Crippen molar-refractivity contribution in [3.8, 4) is 0 Å². The fourth-order valence-electron chi connectivity index (χ4n) is 2.17. The SMILES string of the molecule is O=C1N=c2cccc(N=Nc3cccc4c3=NC(=O)N=4)c2=N1. The predicted octanol–water partition coefficient (Wildman–Crippen LogP) is 0.848. The number of carbonyl (C=O) groups excluding carboxylic acids is 2. The molecule has 2 aliphatic heterocycles. The molecule has 0 bridgehead atoms. The van der Waals surface area contributed by atoms with Crippen LogP contribution in [-0.2, 0) is 0 Å². The van der Waals surface area contributed by atoms with Gasteiger partial charge in [-0.3, -0.25) is 0 Å². The molecule has 4 rings (SSSR count). The van der Waals surface area contributed by atoms with Gasteiger partial charge < -0.3 is 0 Å². The van der Waals surface area contributed by atoms with E-state index < -0.39 is 12.1 Å². The molecule has 2 aromatic rings. The van der Waals surface area contributed by atoms with E-state index in [0.29, 0.717) is 32.8 Å². The molecule has 22 heavy (non-hydrogen) atoms. The standard InChI is InChI=1S/C14H6N6O2/c21-13-15-7-3-1-5-9(11(7)17-13)19-20-10-6-2-4-8-12(10)18-14(22)16-8/h1-6H. The second-order valence-corrected chi connectivity index (χ2v) is 4.50. The number of nitrogens with zero attached hydrogens (tertiary/aromatic N) is 6. The van der Waals surface area contributed by atoms with Crippen LogP contribution in [0.25, 0.3) is 0 Å². The van der Waals surface area contributed by atoms with E-state index in [1.165, 1.54) is 0 Å². The normalized spacial score (nSPS) is 14.9. The molecule has 104 valence electrons. The molecular weight excluding hydrogens is 284 g/mol. The van der Waals surface area contributed by atoms with E-state index in [2.05, 4.69) is 30.2 Å². The Hall–Kier alpha value is -3.42. The van der Waals surface area contributed by atoms with Gasteiger partial charge in [0.2, 0.25) is 0 Å². The van der Waals surface area contributed by atoms with Crippen LogP contribution in [0.4, 0.5) is 21.0 Å². The van der Waals surface area contributed by atoms with Crippen molar-refractivity contribution in [2.24, 2.45) is 30.2 Å². The maximum Gasteiger partial charge on any atom is 0.368 e. The summed E-state index contributed by atoms with van der Waals surface area (Å²) in [4.78, 5) is 37.6. The van der Waals surface area contributed by atoms with Crippen LogP contribution in [0, 0.1) is 0 Å². The Bertz CT molecular complexity index is 1030. The first kappa shape index (κ1) is 12.3. The molecular formula is C14H6N6O2. The lowest BCUT2D eigenvalue weighted by Gasteiger charge is -1.92. The predicted molar refractivity (Wildman–Crippen MR) is 72.5 cm³/mol. The Kier molecular flexibility index (Phi) is 2.55. The van der Waals surface area contributed by atoms with Gasteiger partial charge in [0.05, 0.1) is 10.7 Å². The Morgan fingerprint density at radius 2 is 1.09 bits per heavy atom. The highest BCUT2D eigenvalue weighted by molar-refractivity contribution is 5.78. The summed E-state index contributed by atoms with van der Waals surface area (Å²) in [6.45, 7) is 0. The van der Waals surface area contributed by atoms with Crippen LogP contribution < -0.4 is 21.4 Å². The topological polar surface area (TPSA) is 108 Å². The lowest BCUT2D eigenvalue weighted by molar-refractivity contribution is 0.256. The summed E-state index contributed by atoms with van der Waals surface area (Å²) in [5.74, 6) is 0. The summed E-state index contributed by atoms with van der Waals surface area (Å²) >= 11 is 0. The summed E-state index contributed by atoms with van der Waals surface area (Å²) in [6, 6.07) is 9.01. The van der Waals surface area contributed by atoms with Crippen LogP contribution in [0.15, 0.2) is 66.6 Å². The number of azo groups is 1. The van der Waals surface area contributed by atoms with Gasteiger partial charge in [-0.05, 0) is 24.3 Å². The van der Waals surface area contributed by atoms with Crippen molar-refractivity contribution in [3.05, 3.63) is 57.8 Å². The van der Waals surface area contributed by atoms with Gasteiger partial charge in [-0.25, -0.2) is 9.59 Å². The van der Waals surface area contributed by atoms with E-state index >= 15 is 0 Å². The third kappa shape index (κ3) is 1.94. The molecule has 2 heterocycles. The number of fused-ring (bicyclic) bond motifs is 2. The quantitative estimate of drug-likeness (QED) is 0.764. The van der Waals surface area contributed by atoms with E-state index in [0.717, 1.165) is 0 Å². The molecule has 0 N–H and O–H groups in total. The highest BCUT2D eigenvalue weighted by Crippen LogP contribution is 2.11. The van der Waals surface area contributed by atoms with Crippen LogP contribution in [0.1, 0.15) is 0 Å². The Labute approximate surface area is 122 Å². The monoisotopic (exact) mass is 290 g/mol. The molecule has 8 heteroatoms. The Balaban J connectivity index is 1.85. The Morgan fingerprint density at radius 1 is 0.636 bits per heavy atom. The zero-order chi connectivity index (χ0) is 15.1. The van der Waals surface area contributed by atoms with Crippen molar-refractivity contribution in [1.82, 2.24) is 0 Å². The highest BCUT2D eigenvalue weighted by atomic mass is 16.2. The van der Waals surface area contributed by atoms with Gasteiger partial charge in [0.25, 0.3) is 0 Å². The number of hydrogen-bond acceptors (Lipinski definition) is 4. The molecule has 0 aliphatic carbocycles. The lowest BCUT2D eigenvalue weighted by atomic mass is 10.3. The molecule has 0 aromatic heterocycles. The molecule has 8 nitrogen and oxygen atoms in total. The summed E-state index contributed by atoms with van der Waals surface area (Å²) in [6.07, 6.45) is 0. The van der Waals surface area contributed by atoms with Crippen molar-refractivity contribution in [2.75, 3.05) is 0 Å². The summed E-state index contributed by atoms with van der Waals surface area (Å²) in [5.41, 5.74) is 0.844. The third-order valence-electron chi connectivity index (χ3n) is 3.10. The van der Waals surface area contributed by atoms with Gasteiger partial charge in [0.1, 0.15) is 22.1 Å². The second kappa shape index (κ2) is 4.55. The van der Waals surface area contributed by atoms with Gasteiger partial charge in [0.15, 0.2) is 0 Å². The van der Waals surface area contributed by atoms with E-state index in [1.54, 1.807) is 36.4 Å². The largest absolute Gasteiger partial charge is 0.368 e. The average Bonchev–Trinajstić information content (AvgIpc) is 3.06. The van der Waals surface area contributed by atoms with Crippen molar-refractivity contribution in [1.29, 1.82) is 0 Å². The maximum absolute atomic E-state index is 11.2. The second-order valence-electron chi connectivity index (χ2n) is 4.50. The molecule has 0 fully saturated rings. The van der Waals surface area contributed by atoms with E-state index in [-0.39, 0.29) is 0 Å². The molecule has 2 aromatic carbocycles. The van der Waals surface area contributed by atoms with E-state index in [1.807, 2.05) is 0 Å². The number of hydrogen-bond donors (Lipinski definition) is 0. The third-order valence-corrected chi connectivity index (χ3v) is 3.10. The lowest BCUT2D eigenvalue weighted by Crippen LogP contribution is -2.21. The molecule has 4 amide bonds. The van der Waals surface area contributed by atoms with Crippen LogP contribution in [0.3, 0.4) is 0 Å². The number of benzene rings is 2. The minimum Gasteiger partial charge on any atom is -0.244 e. The van der Waals surface area contributed by atoms with Crippen LogP contribution in [0.2, 0.25) is 0 Å². The van der Waals surface area contributed by atoms with Crippen molar-refractivity contribution in [3.63, 3.8) is 0 Å². The maximum atomic E-state index is 11.2. The van der Waals surface area contributed by atoms with Crippen LogP contribution >= 0.6 is 0 Å². The highest BCUT2D eigenvalue weighted by Gasteiger charge is 2.10. The minimum atomic E-state index is -0.558. The number of amides is 4. The first-order valence-corrected chi connectivity index (χ1v) is 6.33. The summed E-state index contributed by atoms with van der Waals surface area (Å²) in [5, 5.41) is 9.90. The number of rotatable bonds is 2. The Morgan fingerprint density at radius 3 is 1.55 bits per heavy atom. The average molecular weight is 290 g/mol. The zero-order valence-electron chi connectivity index (χ0n) is 11.0. The van der Waals surface area contributed by atoms with Gasteiger partial charge in [-0.2, -0.15) is 20.0 Å².